The highest BCUT2D eigenvalue weighted by atomic mass is 35.5. The van der Waals surface area contributed by atoms with Crippen LogP contribution in [0.2, 0.25) is 5.02 Å². The molecule has 0 aromatic heterocycles. The Kier molecular flexibility index (Phi) is 6.31. The first-order chi connectivity index (χ1) is 6.69. The van der Waals surface area contributed by atoms with Crippen molar-refractivity contribution in [2.24, 2.45) is 0 Å². The van der Waals surface area contributed by atoms with Crippen molar-refractivity contribution in [3.63, 3.8) is 0 Å². The zero-order valence-corrected chi connectivity index (χ0v) is 10.3. The van der Waals surface area contributed by atoms with Crippen molar-refractivity contribution < 1.29 is 0 Å². The summed E-state index contributed by atoms with van der Waals surface area (Å²) in [5, 5.41) is 0.837. The minimum Gasteiger partial charge on any atom is -0.0985 e. The van der Waals surface area contributed by atoms with Crippen LogP contribution in [0.1, 0.15) is 37.5 Å². The van der Waals surface area contributed by atoms with Crippen LogP contribution in [0.5, 0.6) is 0 Å². The molecule has 0 spiro atoms. The van der Waals surface area contributed by atoms with Crippen LogP contribution < -0.4 is 0 Å². The molecule has 14 heavy (non-hydrogen) atoms. The van der Waals surface area contributed by atoms with Crippen LogP contribution in [0.3, 0.4) is 0 Å². The number of benzene rings is 1. The molecule has 0 unspecified atom stereocenters. The molecule has 0 atom stereocenters. The maximum atomic E-state index is 6.03. The average molecular weight is 211 g/mol. The average Bonchev–Trinajstić information content (AvgIpc) is 2.24. The molecule has 1 heteroatoms. The molecule has 0 nitrogen and oxygen atoms in total. The first-order valence-corrected chi connectivity index (χ1v) is 5.48. The molecule has 1 aromatic carbocycles. The molecule has 0 fully saturated rings. The van der Waals surface area contributed by atoms with Crippen molar-refractivity contribution in [2.75, 3.05) is 0 Å². The van der Waals surface area contributed by atoms with Crippen molar-refractivity contribution in [3.05, 3.63) is 40.4 Å². The van der Waals surface area contributed by atoms with E-state index in [0.29, 0.717) is 0 Å². The molecule has 78 valence electrons. The Balaban J connectivity index is 0.000000791. The monoisotopic (exact) mass is 210 g/mol. The maximum Gasteiger partial charge on any atom is 0.0443 e. The summed E-state index contributed by atoms with van der Waals surface area (Å²) in [4.78, 5) is 0. The van der Waals surface area contributed by atoms with Gasteiger partial charge in [-0.15, -0.1) is 0 Å². The van der Waals surface area contributed by atoms with E-state index < -0.39 is 0 Å². The molecular formula is C13H19Cl. The Labute approximate surface area is 92.6 Å². The first-order valence-electron chi connectivity index (χ1n) is 5.10. The Bertz CT molecular complexity index is 300. The minimum absolute atomic E-state index is 0.837. The van der Waals surface area contributed by atoms with Crippen molar-refractivity contribution in [1.82, 2.24) is 0 Å². The molecule has 0 saturated heterocycles. The Morgan fingerprint density at radius 1 is 1.36 bits per heavy atom. The first kappa shape index (κ1) is 13.2. The smallest absolute Gasteiger partial charge is 0.0443 e. The highest BCUT2D eigenvalue weighted by Gasteiger charge is 2.01. The number of hydrogen-bond acceptors (Lipinski definition) is 0. The molecule has 0 saturated carbocycles. The topological polar surface area (TPSA) is 0 Å². The van der Waals surface area contributed by atoms with Crippen LogP contribution in [0.15, 0.2) is 18.7 Å². The van der Waals surface area contributed by atoms with Crippen molar-refractivity contribution in [2.45, 2.75) is 34.1 Å². The molecule has 0 bridgehead atoms. The summed E-state index contributed by atoms with van der Waals surface area (Å²) in [6, 6.07) is 4.08. The van der Waals surface area contributed by atoms with Gasteiger partial charge in [-0.05, 0) is 36.1 Å². The van der Waals surface area contributed by atoms with Gasteiger partial charge < -0.3 is 0 Å². The third-order valence-electron chi connectivity index (χ3n) is 2.09. The summed E-state index contributed by atoms with van der Waals surface area (Å²) in [6.45, 7) is 11.9. The predicted molar refractivity (Wildman–Crippen MR) is 67.0 cm³/mol. The fraction of sp³-hybridized carbons (Fsp3) is 0.385. The zero-order chi connectivity index (χ0) is 11.1. The normalized spacial score (nSPS) is 8.93. The Hall–Kier alpha value is -0.750. The van der Waals surface area contributed by atoms with E-state index >= 15 is 0 Å². The van der Waals surface area contributed by atoms with Crippen molar-refractivity contribution in [1.29, 1.82) is 0 Å². The number of aryl methyl sites for hydroxylation is 1. The van der Waals surface area contributed by atoms with Gasteiger partial charge in [-0.1, -0.05) is 51.1 Å². The van der Waals surface area contributed by atoms with E-state index in [1.54, 1.807) is 0 Å². The van der Waals surface area contributed by atoms with E-state index in [0.717, 1.165) is 17.0 Å². The number of hydrogen-bond donors (Lipinski definition) is 0. The highest BCUT2D eigenvalue weighted by molar-refractivity contribution is 6.31. The van der Waals surface area contributed by atoms with Gasteiger partial charge in [0.1, 0.15) is 0 Å². The lowest BCUT2D eigenvalue weighted by molar-refractivity contribution is 1.11. The molecule has 0 amide bonds. The van der Waals surface area contributed by atoms with E-state index in [-0.39, 0.29) is 0 Å². The second-order valence-corrected chi connectivity index (χ2v) is 3.25. The molecule has 0 aliphatic rings. The van der Waals surface area contributed by atoms with Crippen LogP contribution in [0.25, 0.3) is 6.08 Å². The Morgan fingerprint density at radius 3 is 2.36 bits per heavy atom. The van der Waals surface area contributed by atoms with E-state index in [1.807, 2.05) is 32.9 Å². The third-order valence-corrected chi connectivity index (χ3v) is 2.48. The number of halogens is 1. The predicted octanol–water partition coefficient (Wildman–Crippen LogP) is 4.88. The van der Waals surface area contributed by atoms with E-state index in [9.17, 15) is 0 Å². The van der Waals surface area contributed by atoms with Gasteiger partial charge in [-0.2, -0.15) is 0 Å². The molecule has 0 aliphatic heterocycles. The van der Waals surface area contributed by atoms with Crippen LogP contribution in [-0.2, 0) is 6.42 Å². The Morgan fingerprint density at radius 2 is 1.93 bits per heavy atom. The molecule has 1 aromatic rings. The van der Waals surface area contributed by atoms with Gasteiger partial charge in [0.15, 0.2) is 0 Å². The lowest BCUT2D eigenvalue weighted by Gasteiger charge is -2.06. The zero-order valence-electron chi connectivity index (χ0n) is 9.52. The lowest BCUT2D eigenvalue weighted by atomic mass is 10.0. The highest BCUT2D eigenvalue weighted by Crippen LogP contribution is 2.22. The molecule has 1 rings (SSSR count). The van der Waals surface area contributed by atoms with Gasteiger partial charge in [0.05, 0.1) is 0 Å². The van der Waals surface area contributed by atoms with E-state index in [4.69, 9.17) is 11.6 Å². The van der Waals surface area contributed by atoms with Crippen molar-refractivity contribution in [3.8, 4) is 0 Å². The lowest BCUT2D eigenvalue weighted by Crippen LogP contribution is -1.88. The van der Waals surface area contributed by atoms with Gasteiger partial charge in [-0.3, -0.25) is 0 Å². The fourth-order valence-corrected chi connectivity index (χ4v) is 1.49. The quantitative estimate of drug-likeness (QED) is 0.653. The minimum atomic E-state index is 0.837. The summed E-state index contributed by atoms with van der Waals surface area (Å²) >= 11 is 6.03. The van der Waals surface area contributed by atoms with Crippen LogP contribution in [-0.4, -0.2) is 0 Å². The third kappa shape index (κ3) is 3.19. The summed E-state index contributed by atoms with van der Waals surface area (Å²) in [5.74, 6) is 0. The van der Waals surface area contributed by atoms with Gasteiger partial charge in [0.25, 0.3) is 0 Å². The largest absolute Gasteiger partial charge is 0.0985 e. The summed E-state index contributed by atoms with van der Waals surface area (Å²) in [7, 11) is 0. The van der Waals surface area contributed by atoms with Gasteiger partial charge >= 0.3 is 0 Å². The second kappa shape index (κ2) is 6.67. The van der Waals surface area contributed by atoms with Crippen LogP contribution >= 0.6 is 11.6 Å². The fourth-order valence-electron chi connectivity index (χ4n) is 1.24. The van der Waals surface area contributed by atoms with Gasteiger partial charge in [0, 0.05) is 5.02 Å². The maximum absolute atomic E-state index is 6.03. The van der Waals surface area contributed by atoms with Crippen LogP contribution in [0.4, 0.5) is 0 Å². The SMILES string of the molecule is C=Cc1cc(Cl)c(C)c(CC)c1.CC. The molecule has 0 radical (unpaired) electrons. The summed E-state index contributed by atoms with van der Waals surface area (Å²) in [6.07, 6.45) is 2.84. The van der Waals surface area contributed by atoms with Crippen LogP contribution in [0, 0.1) is 6.92 Å². The summed E-state index contributed by atoms with van der Waals surface area (Å²) < 4.78 is 0. The van der Waals surface area contributed by atoms with E-state index in [2.05, 4.69) is 19.6 Å². The number of rotatable bonds is 2. The second-order valence-electron chi connectivity index (χ2n) is 2.84. The molecule has 0 N–H and O–H groups in total. The summed E-state index contributed by atoms with van der Waals surface area (Å²) in [5.41, 5.74) is 3.59. The van der Waals surface area contributed by atoms with Gasteiger partial charge in [-0.25, -0.2) is 0 Å². The molecule has 0 aliphatic carbocycles. The molecular weight excluding hydrogens is 192 g/mol. The van der Waals surface area contributed by atoms with E-state index in [1.165, 1.54) is 11.1 Å². The molecule has 0 heterocycles. The van der Waals surface area contributed by atoms with Gasteiger partial charge in [0.2, 0.25) is 0 Å². The van der Waals surface area contributed by atoms with Crippen molar-refractivity contribution >= 4 is 17.7 Å². The standard InChI is InChI=1S/C11H13Cl.C2H6/c1-4-9-6-10(5-2)8(3)11(12)7-9;1-2/h4,6-7H,1,5H2,2-3H3;1-2H3.